The van der Waals surface area contributed by atoms with Crippen LogP contribution in [0.25, 0.3) is 33.1 Å². The largest absolute Gasteiger partial charge is 0.497 e. The van der Waals surface area contributed by atoms with Gasteiger partial charge in [0, 0.05) is 22.5 Å². The predicted molar refractivity (Wildman–Crippen MR) is 93.8 cm³/mol. The van der Waals surface area contributed by atoms with Gasteiger partial charge in [0.15, 0.2) is 0 Å². The Balaban J connectivity index is 1.98. The van der Waals surface area contributed by atoms with Crippen LogP contribution >= 0.6 is 0 Å². The first-order chi connectivity index (χ1) is 11.3. The highest BCUT2D eigenvalue weighted by Gasteiger charge is 2.09. The molecule has 0 atom stereocenters. The van der Waals surface area contributed by atoms with Gasteiger partial charge in [-0.2, -0.15) is 0 Å². The number of rotatable bonds is 2. The van der Waals surface area contributed by atoms with Crippen LogP contribution in [0.1, 0.15) is 5.56 Å². The Morgan fingerprint density at radius 1 is 0.957 bits per heavy atom. The average Bonchev–Trinajstić information content (AvgIpc) is 2.61. The minimum absolute atomic E-state index is 0.849. The van der Waals surface area contributed by atoms with Crippen LogP contribution in [0.4, 0.5) is 0 Å². The molecule has 112 valence electrons. The summed E-state index contributed by atoms with van der Waals surface area (Å²) in [5.74, 6) is 0.849. The van der Waals surface area contributed by atoms with Gasteiger partial charge in [-0.25, -0.2) is 4.98 Å². The van der Waals surface area contributed by atoms with E-state index in [1.165, 1.54) is 5.56 Å². The molecule has 0 saturated heterocycles. The maximum absolute atomic E-state index is 5.31. The molecule has 0 fully saturated rings. The fourth-order valence-electron chi connectivity index (χ4n) is 2.95. The van der Waals surface area contributed by atoms with Gasteiger partial charge >= 0.3 is 0 Å². The summed E-state index contributed by atoms with van der Waals surface area (Å²) in [7, 11) is 1.68. The number of para-hydroxylation sites is 1. The molecule has 0 saturated carbocycles. The third kappa shape index (κ3) is 2.30. The SMILES string of the molecule is COc1ccc2nc(-c3cccc4cccnc34)cc(C)c2c1. The van der Waals surface area contributed by atoms with E-state index in [4.69, 9.17) is 9.72 Å². The molecule has 0 aliphatic carbocycles. The van der Waals surface area contributed by atoms with E-state index in [2.05, 4.69) is 42.2 Å². The zero-order valence-electron chi connectivity index (χ0n) is 13.1. The van der Waals surface area contributed by atoms with E-state index in [1.54, 1.807) is 7.11 Å². The van der Waals surface area contributed by atoms with Crippen molar-refractivity contribution in [2.75, 3.05) is 7.11 Å². The highest BCUT2D eigenvalue weighted by atomic mass is 16.5. The Morgan fingerprint density at radius 2 is 1.83 bits per heavy atom. The molecule has 0 aliphatic heterocycles. The Labute approximate surface area is 134 Å². The van der Waals surface area contributed by atoms with E-state index in [1.807, 2.05) is 30.5 Å². The van der Waals surface area contributed by atoms with Crippen LogP contribution in [-0.4, -0.2) is 17.1 Å². The van der Waals surface area contributed by atoms with Crippen LogP contribution in [0.2, 0.25) is 0 Å². The molecule has 4 rings (SSSR count). The van der Waals surface area contributed by atoms with Crippen molar-refractivity contribution in [1.29, 1.82) is 0 Å². The van der Waals surface area contributed by atoms with E-state index < -0.39 is 0 Å². The molecule has 0 unspecified atom stereocenters. The molecule has 2 heterocycles. The maximum atomic E-state index is 5.31. The van der Waals surface area contributed by atoms with Crippen LogP contribution in [0.3, 0.4) is 0 Å². The molecular weight excluding hydrogens is 284 g/mol. The summed E-state index contributed by atoms with van der Waals surface area (Å²) in [6, 6.07) is 18.3. The molecule has 2 aromatic carbocycles. The molecule has 0 N–H and O–H groups in total. The normalized spacial score (nSPS) is 11.0. The Bertz CT molecular complexity index is 1020. The van der Waals surface area contributed by atoms with Gasteiger partial charge in [0.05, 0.1) is 23.8 Å². The third-order valence-electron chi connectivity index (χ3n) is 4.13. The Kier molecular flexibility index (Phi) is 3.19. The summed E-state index contributed by atoms with van der Waals surface area (Å²) < 4.78 is 5.31. The minimum atomic E-state index is 0.849. The molecule has 0 amide bonds. The van der Waals surface area contributed by atoms with Gasteiger partial charge in [0.2, 0.25) is 0 Å². The predicted octanol–water partition coefficient (Wildman–Crippen LogP) is 4.77. The Morgan fingerprint density at radius 3 is 2.70 bits per heavy atom. The van der Waals surface area contributed by atoms with Crippen LogP contribution in [0, 0.1) is 6.92 Å². The number of aryl methyl sites for hydroxylation is 1. The topological polar surface area (TPSA) is 35.0 Å². The van der Waals surface area contributed by atoms with E-state index >= 15 is 0 Å². The highest BCUT2D eigenvalue weighted by Crippen LogP contribution is 2.30. The van der Waals surface area contributed by atoms with E-state index in [0.29, 0.717) is 0 Å². The first-order valence-electron chi connectivity index (χ1n) is 7.56. The van der Waals surface area contributed by atoms with Gasteiger partial charge in [-0.05, 0) is 42.8 Å². The zero-order chi connectivity index (χ0) is 15.8. The molecular formula is C20H16N2O. The van der Waals surface area contributed by atoms with Gasteiger partial charge in [-0.1, -0.05) is 24.3 Å². The zero-order valence-corrected chi connectivity index (χ0v) is 13.1. The van der Waals surface area contributed by atoms with Gasteiger partial charge in [0.25, 0.3) is 0 Å². The molecule has 2 aromatic heterocycles. The number of fused-ring (bicyclic) bond motifs is 2. The lowest BCUT2D eigenvalue weighted by Crippen LogP contribution is -1.92. The minimum Gasteiger partial charge on any atom is -0.497 e. The Hall–Kier alpha value is -2.94. The van der Waals surface area contributed by atoms with Crippen molar-refractivity contribution in [2.45, 2.75) is 6.92 Å². The second-order valence-electron chi connectivity index (χ2n) is 5.59. The summed E-state index contributed by atoms with van der Waals surface area (Å²) in [4.78, 5) is 9.37. The average molecular weight is 300 g/mol. The molecule has 0 aliphatic rings. The quantitative estimate of drug-likeness (QED) is 0.535. The van der Waals surface area contributed by atoms with E-state index in [9.17, 15) is 0 Å². The lowest BCUT2D eigenvalue weighted by atomic mass is 10.0. The van der Waals surface area contributed by atoms with Crippen molar-refractivity contribution < 1.29 is 4.74 Å². The second-order valence-corrected chi connectivity index (χ2v) is 5.59. The lowest BCUT2D eigenvalue weighted by molar-refractivity contribution is 0.415. The van der Waals surface area contributed by atoms with Gasteiger partial charge in [-0.3, -0.25) is 4.98 Å². The van der Waals surface area contributed by atoms with E-state index in [-0.39, 0.29) is 0 Å². The molecule has 3 nitrogen and oxygen atoms in total. The van der Waals surface area contributed by atoms with Gasteiger partial charge < -0.3 is 4.74 Å². The number of methoxy groups -OCH3 is 1. The van der Waals surface area contributed by atoms with Crippen LogP contribution in [0.5, 0.6) is 5.75 Å². The molecule has 3 heteroatoms. The summed E-state index contributed by atoms with van der Waals surface area (Å²) in [6.07, 6.45) is 1.82. The van der Waals surface area contributed by atoms with Crippen molar-refractivity contribution in [2.24, 2.45) is 0 Å². The molecule has 23 heavy (non-hydrogen) atoms. The number of pyridine rings is 2. The summed E-state index contributed by atoms with van der Waals surface area (Å²) >= 11 is 0. The smallest absolute Gasteiger partial charge is 0.119 e. The van der Waals surface area contributed by atoms with Crippen LogP contribution in [0.15, 0.2) is 60.8 Å². The monoisotopic (exact) mass is 300 g/mol. The van der Waals surface area contributed by atoms with E-state index in [0.717, 1.165) is 38.8 Å². The van der Waals surface area contributed by atoms with Crippen molar-refractivity contribution in [3.63, 3.8) is 0 Å². The highest BCUT2D eigenvalue weighted by molar-refractivity contribution is 5.94. The summed E-state index contributed by atoms with van der Waals surface area (Å²) in [5.41, 5.74) is 5.13. The molecule has 0 bridgehead atoms. The number of hydrogen-bond donors (Lipinski definition) is 0. The second kappa shape index (κ2) is 5.36. The lowest BCUT2D eigenvalue weighted by Gasteiger charge is -2.10. The first-order valence-corrected chi connectivity index (χ1v) is 7.56. The van der Waals surface area contributed by atoms with Crippen LogP contribution < -0.4 is 4.74 Å². The number of nitrogens with zero attached hydrogens (tertiary/aromatic N) is 2. The number of hydrogen-bond acceptors (Lipinski definition) is 3. The van der Waals surface area contributed by atoms with Crippen molar-refractivity contribution in [3.8, 4) is 17.0 Å². The summed E-state index contributed by atoms with van der Waals surface area (Å²) in [6.45, 7) is 2.10. The molecule has 0 spiro atoms. The van der Waals surface area contributed by atoms with Gasteiger partial charge in [-0.15, -0.1) is 0 Å². The molecule has 0 radical (unpaired) electrons. The van der Waals surface area contributed by atoms with Crippen molar-refractivity contribution in [1.82, 2.24) is 9.97 Å². The van der Waals surface area contributed by atoms with Crippen LogP contribution in [-0.2, 0) is 0 Å². The fourth-order valence-corrected chi connectivity index (χ4v) is 2.95. The molecule has 4 aromatic rings. The maximum Gasteiger partial charge on any atom is 0.119 e. The third-order valence-corrected chi connectivity index (χ3v) is 4.13. The van der Waals surface area contributed by atoms with Crippen molar-refractivity contribution >= 4 is 21.8 Å². The number of ether oxygens (including phenoxy) is 1. The number of aromatic nitrogens is 2. The number of benzene rings is 2. The van der Waals surface area contributed by atoms with Crippen molar-refractivity contribution in [3.05, 3.63) is 66.4 Å². The summed E-state index contributed by atoms with van der Waals surface area (Å²) in [5, 5.41) is 2.24. The standard InChI is InChI=1S/C20H16N2O/c1-13-11-19(22-18-9-8-15(23-2)12-17(13)18)16-7-3-5-14-6-4-10-21-20(14)16/h3-12H,1-2H3. The van der Waals surface area contributed by atoms with Gasteiger partial charge in [0.1, 0.15) is 5.75 Å². The fraction of sp³-hybridized carbons (Fsp3) is 0.100. The first kappa shape index (κ1) is 13.7.